The first-order valence-corrected chi connectivity index (χ1v) is 17.5. The molecule has 5 heterocycles. The highest BCUT2D eigenvalue weighted by molar-refractivity contribution is 6.76. The van der Waals surface area contributed by atoms with Gasteiger partial charge in [0.25, 0.3) is 0 Å². The van der Waals surface area contributed by atoms with E-state index in [1.54, 1.807) is 48.3 Å². The van der Waals surface area contributed by atoms with E-state index in [9.17, 15) is 9.18 Å². The molecule has 1 amide bonds. The Bertz CT molecular complexity index is 1820. The monoisotopic (exact) mass is 604 g/mol. The third-order valence-electron chi connectivity index (χ3n) is 7.08. The Balaban J connectivity index is 1.26. The lowest BCUT2D eigenvalue weighted by Crippen LogP contribution is -2.29. The van der Waals surface area contributed by atoms with Crippen LogP contribution in [0.25, 0.3) is 28.2 Å². The molecule has 1 aliphatic heterocycles. The Morgan fingerprint density at radius 3 is 2.70 bits per heavy atom. The number of aryl methyl sites for hydroxylation is 1. The second-order valence-electron chi connectivity index (χ2n) is 11.5. The first-order chi connectivity index (χ1) is 20.6. The molecule has 0 saturated carbocycles. The molecule has 11 nitrogen and oxygen atoms in total. The summed E-state index contributed by atoms with van der Waals surface area (Å²) >= 11 is 0. The molecule has 4 aromatic heterocycles. The van der Waals surface area contributed by atoms with Crippen LogP contribution in [0.15, 0.2) is 55.1 Å². The van der Waals surface area contributed by atoms with Gasteiger partial charge in [-0.1, -0.05) is 25.7 Å². The Morgan fingerprint density at radius 2 is 1.91 bits per heavy atom. The Labute approximate surface area is 247 Å². The molecule has 14 heteroatoms. The third-order valence-corrected chi connectivity index (χ3v) is 8.78. The first-order valence-electron chi connectivity index (χ1n) is 13.8. The van der Waals surface area contributed by atoms with Crippen molar-refractivity contribution < 1.29 is 23.0 Å². The minimum Gasteiger partial charge on any atom is -0.446 e. The second-order valence-corrected chi connectivity index (χ2v) is 17.2. The summed E-state index contributed by atoms with van der Waals surface area (Å²) in [6.07, 6.45) is 4.03. The highest BCUT2D eigenvalue weighted by atomic mass is 28.3. The number of ether oxygens (including phenoxy) is 2. The van der Waals surface area contributed by atoms with Crippen molar-refractivity contribution in [1.82, 2.24) is 34.3 Å². The minimum absolute atomic E-state index is 0.0771. The predicted molar refractivity (Wildman–Crippen MR) is 157 cm³/mol. The van der Waals surface area contributed by atoms with Crippen LogP contribution in [0, 0.1) is 18.6 Å². The quantitative estimate of drug-likeness (QED) is 0.157. The number of carbonyl (C=O) groups is 1. The van der Waals surface area contributed by atoms with Gasteiger partial charge in [-0.15, -0.1) is 5.10 Å². The molecule has 1 saturated heterocycles. The van der Waals surface area contributed by atoms with Gasteiger partial charge < -0.3 is 9.47 Å². The van der Waals surface area contributed by atoms with Gasteiger partial charge in [0.1, 0.15) is 48.9 Å². The van der Waals surface area contributed by atoms with Gasteiger partial charge >= 0.3 is 6.09 Å². The molecular weight excluding hydrogens is 574 g/mol. The van der Waals surface area contributed by atoms with Crippen molar-refractivity contribution in [3.63, 3.8) is 0 Å². The molecule has 0 N–H and O–H groups in total. The largest absolute Gasteiger partial charge is 0.446 e. The maximum absolute atomic E-state index is 15.4. The number of hydrogen-bond acceptors (Lipinski definition) is 8. The van der Waals surface area contributed by atoms with E-state index in [1.165, 1.54) is 27.9 Å². The molecule has 0 aliphatic carbocycles. The molecule has 1 unspecified atom stereocenters. The predicted octanol–water partition coefficient (Wildman–Crippen LogP) is 5.65. The number of aromatic nitrogens is 7. The zero-order valence-corrected chi connectivity index (χ0v) is 25.2. The van der Waals surface area contributed by atoms with E-state index >= 15 is 4.39 Å². The van der Waals surface area contributed by atoms with Crippen molar-refractivity contribution in [2.45, 2.75) is 45.4 Å². The van der Waals surface area contributed by atoms with E-state index in [1.807, 2.05) is 0 Å². The smallest absolute Gasteiger partial charge is 0.416 e. The van der Waals surface area contributed by atoms with Crippen molar-refractivity contribution in [2.75, 3.05) is 18.1 Å². The lowest BCUT2D eigenvalue weighted by Gasteiger charge is -2.20. The lowest BCUT2D eigenvalue weighted by atomic mass is 10.1. The molecule has 6 rings (SSSR count). The summed E-state index contributed by atoms with van der Waals surface area (Å²) in [4.78, 5) is 27.2. The summed E-state index contributed by atoms with van der Waals surface area (Å²) in [5.41, 5.74) is 2.36. The zero-order valence-electron chi connectivity index (χ0n) is 24.2. The fourth-order valence-electron chi connectivity index (χ4n) is 4.75. The van der Waals surface area contributed by atoms with E-state index in [2.05, 4.69) is 44.8 Å². The molecule has 5 aromatic rings. The van der Waals surface area contributed by atoms with Crippen LogP contribution in [0.2, 0.25) is 25.7 Å². The van der Waals surface area contributed by atoms with E-state index in [0.717, 1.165) is 6.04 Å². The van der Waals surface area contributed by atoms with Crippen LogP contribution in [0.4, 0.5) is 19.4 Å². The van der Waals surface area contributed by atoms with Crippen LogP contribution < -0.4 is 4.90 Å². The van der Waals surface area contributed by atoms with Gasteiger partial charge in [-0.2, -0.15) is 5.10 Å². The van der Waals surface area contributed by atoms with Gasteiger partial charge in [0.15, 0.2) is 11.5 Å². The summed E-state index contributed by atoms with van der Waals surface area (Å²) < 4.78 is 44.1. The number of amides is 1. The molecule has 222 valence electrons. The molecule has 0 bridgehead atoms. The van der Waals surface area contributed by atoms with Crippen LogP contribution in [-0.2, 0) is 16.2 Å². The molecule has 43 heavy (non-hydrogen) atoms. The van der Waals surface area contributed by atoms with E-state index in [4.69, 9.17) is 9.47 Å². The van der Waals surface area contributed by atoms with Gasteiger partial charge in [0, 0.05) is 32.1 Å². The molecule has 1 aromatic carbocycles. The Morgan fingerprint density at radius 1 is 1.07 bits per heavy atom. The summed E-state index contributed by atoms with van der Waals surface area (Å²) in [6.45, 7) is 9.39. The van der Waals surface area contributed by atoms with Crippen LogP contribution in [0.5, 0.6) is 0 Å². The highest BCUT2D eigenvalue weighted by Crippen LogP contribution is 2.34. The number of carbonyl (C=O) groups excluding carboxylic acids is 1. The van der Waals surface area contributed by atoms with Crippen molar-refractivity contribution in [3.05, 3.63) is 78.1 Å². The van der Waals surface area contributed by atoms with Crippen LogP contribution in [0.1, 0.15) is 17.4 Å². The summed E-state index contributed by atoms with van der Waals surface area (Å²) in [5.74, 6) is -0.596. The summed E-state index contributed by atoms with van der Waals surface area (Å²) in [6, 6.07) is 9.38. The van der Waals surface area contributed by atoms with E-state index < -0.39 is 31.8 Å². The zero-order chi connectivity index (χ0) is 30.3. The summed E-state index contributed by atoms with van der Waals surface area (Å²) in [7, 11) is -1.20. The maximum atomic E-state index is 15.4. The number of hydrogen-bond donors (Lipinski definition) is 0. The van der Waals surface area contributed by atoms with Gasteiger partial charge in [0.2, 0.25) is 0 Å². The highest BCUT2D eigenvalue weighted by Gasteiger charge is 2.39. The summed E-state index contributed by atoms with van der Waals surface area (Å²) in [5, 5.41) is 8.70. The maximum Gasteiger partial charge on any atom is 0.416 e. The molecule has 0 radical (unpaired) electrons. The molecule has 0 spiro atoms. The number of nitrogens with zero attached hydrogens (tertiary/aromatic N) is 8. The number of anilines is 1. The van der Waals surface area contributed by atoms with Crippen molar-refractivity contribution in [1.29, 1.82) is 0 Å². The molecule has 1 fully saturated rings. The van der Waals surface area contributed by atoms with Gasteiger partial charge in [-0.3, -0.25) is 4.98 Å². The van der Waals surface area contributed by atoms with E-state index in [0.29, 0.717) is 29.1 Å². The minimum atomic E-state index is -1.20. The molecule has 1 atom stereocenters. The normalized spacial score (nSPS) is 15.4. The average Bonchev–Trinajstić information content (AvgIpc) is 3.70. The number of halogens is 2. The second kappa shape index (κ2) is 11.3. The van der Waals surface area contributed by atoms with Gasteiger partial charge in [-0.25, -0.2) is 37.6 Å². The average molecular weight is 605 g/mol. The Hall–Kier alpha value is -4.56. The van der Waals surface area contributed by atoms with E-state index in [-0.39, 0.29) is 36.2 Å². The van der Waals surface area contributed by atoms with Crippen LogP contribution in [0.3, 0.4) is 0 Å². The SMILES string of the molecule is Cc1ccc(F)c(C2COC(=O)N2c2ccn3ncc(-c4ccc(-c5ncn(COCC[Si](C)(C)C)n5)c(F)c4)c3n2)n1. The molecule has 1 aliphatic rings. The fraction of sp³-hybridized carbons (Fsp3) is 0.310. The first kappa shape index (κ1) is 28.6. The number of rotatable bonds is 9. The number of fused-ring (bicyclic) bond motifs is 1. The number of pyridine rings is 1. The fourth-order valence-corrected chi connectivity index (χ4v) is 5.50. The van der Waals surface area contributed by atoms with Crippen molar-refractivity contribution in [3.8, 4) is 22.5 Å². The number of cyclic esters (lactones) is 1. The van der Waals surface area contributed by atoms with Gasteiger partial charge in [0.05, 0.1) is 11.8 Å². The van der Waals surface area contributed by atoms with Crippen LogP contribution >= 0.6 is 0 Å². The Kier molecular flexibility index (Phi) is 7.48. The van der Waals surface area contributed by atoms with Gasteiger partial charge in [-0.05, 0) is 48.9 Å². The lowest BCUT2D eigenvalue weighted by molar-refractivity contribution is 0.0784. The van der Waals surface area contributed by atoms with Crippen molar-refractivity contribution in [2.24, 2.45) is 0 Å². The topological polar surface area (TPSA) is 113 Å². The number of benzene rings is 1. The van der Waals surface area contributed by atoms with Crippen molar-refractivity contribution >= 4 is 25.6 Å². The standard InChI is InChI=1S/C29H30F2N8O3Si/c1-18-5-8-22(30)26(34-18)24-15-42-29(40)39(24)25-9-10-38-28(35-25)21(14-33-38)19-6-7-20(23(31)13-19)27-32-16-37(36-27)17-41-11-12-43(2,3)4/h5-10,13-14,16,24H,11-12,15,17H2,1-4H3. The van der Waals surface area contributed by atoms with Crippen LogP contribution in [-0.4, -0.2) is 61.7 Å². The third kappa shape index (κ3) is 5.88. The molecular formula is C29H30F2N8O3Si.